The predicted molar refractivity (Wildman–Crippen MR) is 82.3 cm³/mol. The van der Waals surface area contributed by atoms with Crippen LogP contribution in [0.1, 0.15) is 11.6 Å². The van der Waals surface area contributed by atoms with E-state index >= 15 is 0 Å². The number of nitrogens with zero attached hydrogens (tertiary/aromatic N) is 4. The minimum absolute atomic E-state index is 0.323. The number of hydrogen-bond donors (Lipinski definition) is 2. The van der Waals surface area contributed by atoms with Crippen molar-refractivity contribution >= 4 is 29.2 Å². The van der Waals surface area contributed by atoms with Gasteiger partial charge < -0.3 is 11.5 Å². The highest BCUT2D eigenvalue weighted by Crippen LogP contribution is 2.28. The Kier molecular flexibility index (Phi) is 4.64. The van der Waals surface area contributed by atoms with Crippen molar-refractivity contribution in [1.82, 2.24) is 15.0 Å². The predicted octanol–water partition coefficient (Wildman–Crippen LogP) is 1.51. The average molecular weight is 311 g/mol. The van der Waals surface area contributed by atoms with Crippen molar-refractivity contribution in [2.45, 2.75) is 17.2 Å². The van der Waals surface area contributed by atoms with E-state index in [1.807, 2.05) is 6.26 Å². The molecule has 0 aromatic carbocycles. The molecular weight excluding hydrogens is 296 g/mol. The number of hydrazone groups is 1. The van der Waals surface area contributed by atoms with Crippen LogP contribution in [0.4, 0.5) is 0 Å². The normalized spacial score (nSPS) is 22.4. The standard InChI is InChI=1S/C12H15ClN6S/c1-3-4-5-19-11(15)9(10(14)18-19)7-6-8(13)17-12(16-7)20-2/h3-6,9,11H,1,15H2,2H3,(H2,14,18)/b5-4-. The zero-order valence-corrected chi connectivity index (χ0v) is 12.5. The van der Waals surface area contributed by atoms with Crippen LogP contribution in [0, 0.1) is 0 Å². The van der Waals surface area contributed by atoms with Crippen molar-refractivity contribution in [1.29, 1.82) is 0 Å². The van der Waals surface area contributed by atoms with Gasteiger partial charge in [-0.1, -0.05) is 36.0 Å². The van der Waals surface area contributed by atoms with Crippen LogP contribution < -0.4 is 11.5 Å². The van der Waals surface area contributed by atoms with Gasteiger partial charge in [0.25, 0.3) is 0 Å². The van der Waals surface area contributed by atoms with E-state index in [4.69, 9.17) is 23.1 Å². The summed E-state index contributed by atoms with van der Waals surface area (Å²) in [6.45, 7) is 3.60. The lowest BCUT2D eigenvalue weighted by atomic mass is 10.0. The van der Waals surface area contributed by atoms with Crippen molar-refractivity contribution in [2.24, 2.45) is 16.6 Å². The van der Waals surface area contributed by atoms with E-state index in [9.17, 15) is 0 Å². The van der Waals surface area contributed by atoms with Gasteiger partial charge in [0.05, 0.1) is 11.6 Å². The van der Waals surface area contributed by atoms with Gasteiger partial charge in [0, 0.05) is 6.20 Å². The first-order valence-corrected chi connectivity index (χ1v) is 7.42. The molecule has 2 rings (SSSR count). The zero-order chi connectivity index (χ0) is 14.7. The number of aromatic nitrogens is 2. The Morgan fingerprint density at radius 1 is 1.50 bits per heavy atom. The maximum Gasteiger partial charge on any atom is 0.188 e. The molecule has 20 heavy (non-hydrogen) atoms. The Balaban J connectivity index is 2.34. The molecule has 0 amide bonds. The lowest BCUT2D eigenvalue weighted by Gasteiger charge is -2.20. The van der Waals surface area contributed by atoms with Crippen LogP contribution in [-0.2, 0) is 0 Å². The molecule has 4 N–H and O–H groups in total. The Morgan fingerprint density at radius 2 is 2.25 bits per heavy atom. The van der Waals surface area contributed by atoms with Crippen LogP contribution in [0.15, 0.2) is 41.3 Å². The van der Waals surface area contributed by atoms with E-state index in [0.29, 0.717) is 21.8 Å². The Hall–Kier alpha value is -1.57. The molecule has 8 heteroatoms. The molecule has 6 nitrogen and oxygen atoms in total. The van der Waals surface area contributed by atoms with Crippen LogP contribution in [0.3, 0.4) is 0 Å². The van der Waals surface area contributed by atoms with Crippen molar-refractivity contribution in [3.63, 3.8) is 0 Å². The van der Waals surface area contributed by atoms with Crippen LogP contribution in [-0.4, -0.2) is 33.2 Å². The molecule has 0 saturated carbocycles. The molecule has 1 aliphatic rings. The van der Waals surface area contributed by atoms with E-state index < -0.39 is 6.17 Å². The van der Waals surface area contributed by atoms with E-state index in [2.05, 4.69) is 21.6 Å². The van der Waals surface area contributed by atoms with E-state index in [0.717, 1.165) is 0 Å². The molecule has 0 saturated heterocycles. The molecule has 0 spiro atoms. The second kappa shape index (κ2) is 6.25. The van der Waals surface area contributed by atoms with Crippen LogP contribution in [0.2, 0.25) is 5.15 Å². The van der Waals surface area contributed by atoms with Crippen molar-refractivity contribution in [2.75, 3.05) is 6.26 Å². The highest BCUT2D eigenvalue weighted by molar-refractivity contribution is 7.98. The first kappa shape index (κ1) is 14.8. The van der Waals surface area contributed by atoms with Gasteiger partial charge in [-0.05, 0) is 18.4 Å². The molecule has 2 heterocycles. The molecule has 1 aromatic rings. The van der Waals surface area contributed by atoms with Gasteiger partial charge >= 0.3 is 0 Å². The summed E-state index contributed by atoms with van der Waals surface area (Å²) in [5, 5.41) is 6.72. The fourth-order valence-corrected chi connectivity index (χ4v) is 2.49. The monoisotopic (exact) mass is 310 g/mol. The molecule has 2 atom stereocenters. The third kappa shape index (κ3) is 2.95. The van der Waals surface area contributed by atoms with E-state index in [1.165, 1.54) is 11.8 Å². The first-order chi connectivity index (χ1) is 9.56. The van der Waals surface area contributed by atoms with Gasteiger partial charge in [-0.15, -0.1) is 0 Å². The molecule has 2 unspecified atom stereocenters. The summed E-state index contributed by atoms with van der Waals surface area (Å²) >= 11 is 7.40. The molecule has 0 bridgehead atoms. The van der Waals surface area contributed by atoms with Gasteiger partial charge in [-0.3, -0.25) is 5.01 Å². The zero-order valence-electron chi connectivity index (χ0n) is 10.9. The molecule has 0 radical (unpaired) electrons. The topological polar surface area (TPSA) is 93.4 Å². The molecule has 0 aliphatic carbocycles. The minimum atomic E-state index is -0.438. The summed E-state index contributed by atoms with van der Waals surface area (Å²) < 4.78 is 0. The van der Waals surface area contributed by atoms with Gasteiger partial charge in [-0.25, -0.2) is 9.97 Å². The summed E-state index contributed by atoms with van der Waals surface area (Å²) in [7, 11) is 0. The maximum atomic E-state index is 6.16. The molecule has 1 aliphatic heterocycles. The Labute approximate surface area is 126 Å². The molecule has 0 fully saturated rings. The number of amidine groups is 1. The number of allylic oxidation sites excluding steroid dienone is 2. The lowest BCUT2D eigenvalue weighted by Crippen LogP contribution is -2.39. The van der Waals surface area contributed by atoms with Gasteiger partial charge in [0.15, 0.2) is 5.16 Å². The van der Waals surface area contributed by atoms with E-state index in [-0.39, 0.29) is 5.92 Å². The summed E-state index contributed by atoms with van der Waals surface area (Å²) in [5.41, 5.74) is 12.8. The highest BCUT2D eigenvalue weighted by atomic mass is 35.5. The first-order valence-electron chi connectivity index (χ1n) is 5.82. The molecule has 106 valence electrons. The molecular formula is C12H15ClN6S. The second-order valence-electron chi connectivity index (χ2n) is 4.05. The van der Waals surface area contributed by atoms with E-state index in [1.54, 1.807) is 29.4 Å². The van der Waals surface area contributed by atoms with Crippen LogP contribution >= 0.6 is 23.4 Å². The van der Waals surface area contributed by atoms with Crippen molar-refractivity contribution in [3.8, 4) is 0 Å². The number of hydrogen-bond acceptors (Lipinski definition) is 7. The number of rotatable bonds is 4. The highest BCUT2D eigenvalue weighted by Gasteiger charge is 2.35. The van der Waals surface area contributed by atoms with Gasteiger partial charge in [0.1, 0.15) is 17.2 Å². The van der Waals surface area contributed by atoms with Crippen LogP contribution in [0.5, 0.6) is 0 Å². The summed E-state index contributed by atoms with van der Waals surface area (Å²) in [6.07, 6.45) is 6.52. The smallest absolute Gasteiger partial charge is 0.188 e. The quantitative estimate of drug-likeness (QED) is 0.379. The van der Waals surface area contributed by atoms with Gasteiger partial charge in [0.2, 0.25) is 0 Å². The summed E-state index contributed by atoms with van der Waals surface area (Å²) in [6, 6.07) is 1.66. The fourth-order valence-electron chi connectivity index (χ4n) is 1.86. The molecule has 1 aromatic heterocycles. The summed E-state index contributed by atoms with van der Waals surface area (Å²) in [4.78, 5) is 8.50. The van der Waals surface area contributed by atoms with Crippen molar-refractivity contribution in [3.05, 3.63) is 41.8 Å². The largest absolute Gasteiger partial charge is 0.385 e. The SMILES string of the molecule is C=C/C=C\N1N=C(N)C(c2cc(Cl)nc(SC)n2)C1N. The second-order valence-corrected chi connectivity index (χ2v) is 5.21. The maximum absolute atomic E-state index is 6.16. The average Bonchev–Trinajstić information content (AvgIpc) is 2.70. The summed E-state index contributed by atoms with van der Waals surface area (Å²) in [5.74, 6) is 0.0731. The Morgan fingerprint density at radius 3 is 2.90 bits per heavy atom. The third-order valence-corrected chi connectivity index (χ3v) is 3.51. The van der Waals surface area contributed by atoms with Crippen molar-refractivity contribution < 1.29 is 0 Å². The fraction of sp³-hybridized carbons (Fsp3) is 0.250. The number of nitrogens with two attached hydrogens (primary N) is 2. The van der Waals surface area contributed by atoms with Crippen LogP contribution in [0.25, 0.3) is 0 Å². The number of thioether (sulfide) groups is 1. The lowest BCUT2D eigenvalue weighted by molar-refractivity contribution is 0.310. The third-order valence-electron chi connectivity index (χ3n) is 2.77. The van der Waals surface area contributed by atoms with Gasteiger partial charge in [-0.2, -0.15) is 5.10 Å². The minimum Gasteiger partial charge on any atom is -0.385 e. The Bertz CT molecular complexity index is 573. The number of halogens is 1.